The Bertz CT molecular complexity index is 545. The molecule has 1 N–H and O–H groups in total. The Hall–Kier alpha value is -1.58. The molecule has 0 atom stereocenters. The van der Waals surface area contributed by atoms with Gasteiger partial charge in [0.2, 0.25) is 0 Å². The van der Waals surface area contributed by atoms with Crippen LogP contribution in [0.4, 0.5) is 27.6 Å². The molecule has 1 aliphatic rings. The highest BCUT2D eigenvalue weighted by Crippen LogP contribution is 2.45. The lowest BCUT2D eigenvalue weighted by molar-refractivity contribution is -0.286. The van der Waals surface area contributed by atoms with Crippen molar-refractivity contribution in [2.45, 2.75) is 12.5 Å². The first-order valence-electron chi connectivity index (χ1n) is 4.56. The van der Waals surface area contributed by atoms with E-state index in [1.54, 1.807) is 0 Å². The third-order valence-corrected chi connectivity index (χ3v) is 2.65. The predicted molar refractivity (Wildman–Crippen MR) is 55.0 cm³/mol. The fourth-order valence-electron chi connectivity index (χ4n) is 1.26. The van der Waals surface area contributed by atoms with E-state index in [0.29, 0.717) is 0 Å². The van der Waals surface area contributed by atoms with E-state index in [-0.39, 0.29) is 15.9 Å². The van der Waals surface area contributed by atoms with Gasteiger partial charge in [0.15, 0.2) is 11.5 Å². The molecule has 2 rings (SSSR count). The summed E-state index contributed by atoms with van der Waals surface area (Å²) in [5.41, 5.74) is -0.373. The van der Waals surface area contributed by atoms with Gasteiger partial charge in [-0.05, 0) is 15.9 Å². The van der Waals surface area contributed by atoms with Crippen LogP contribution in [0.2, 0.25) is 0 Å². The summed E-state index contributed by atoms with van der Waals surface area (Å²) in [5.74, 6) is -3.08. The van der Waals surface area contributed by atoms with Crippen LogP contribution in [0.15, 0.2) is 16.6 Å². The maximum atomic E-state index is 12.7. The molecule has 0 spiro atoms. The van der Waals surface area contributed by atoms with E-state index in [4.69, 9.17) is 0 Å². The number of alkyl halides is 5. The molecule has 0 aromatic heterocycles. The average molecular weight is 348 g/mol. The van der Waals surface area contributed by atoms with Gasteiger partial charge in [0.1, 0.15) is 0 Å². The van der Waals surface area contributed by atoms with E-state index in [9.17, 15) is 26.7 Å². The number of fused-ring (bicyclic) bond motifs is 1. The molecule has 0 aliphatic carbocycles. The van der Waals surface area contributed by atoms with Gasteiger partial charge in [-0.3, -0.25) is 4.79 Å². The van der Waals surface area contributed by atoms with Gasteiger partial charge in [0.25, 0.3) is 0 Å². The van der Waals surface area contributed by atoms with Gasteiger partial charge in [0, 0.05) is 16.6 Å². The zero-order valence-corrected chi connectivity index (χ0v) is 10.2. The minimum atomic E-state index is -5.10. The summed E-state index contributed by atoms with van der Waals surface area (Å²) in [6.45, 7) is 0. The number of ether oxygens (including phenoxy) is 2. The van der Waals surface area contributed by atoms with Gasteiger partial charge in [-0.1, -0.05) is 0 Å². The third-order valence-electron chi connectivity index (χ3n) is 2.00. The Morgan fingerprint density at radius 2 is 1.74 bits per heavy atom. The van der Waals surface area contributed by atoms with Crippen molar-refractivity contribution >= 4 is 27.5 Å². The summed E-state index contributed by atoms with van der Waals surface area (Å²) in [6, 6.07) is 1.76. The van der Waals surface area contributed by atoms with Crippen LogP contribution in [0.1, 0.15) is 0 Å². The first-order valence-corrected chi connectivity index (χ1v) is 5.35. The fourth-order valence-corrected chi connectivity index (χ4v) is 1.68. The molecule has 10 heteroatoms. The average Bonchev–Trinajstić information content (AvgIpc) is 2.50. The number of nitrogens with one attached hydrogen (secondary N) is 1. The molecule has 1 aromatic carbocycles. The number of halogens is 6. The number of carbonyl (C=O) groups is 1. The van der Waals surface area contributed by atoms with Crippen molar-refractivity contribution in [3.8, 4) is 11.5 Å². The molecule has 1 aliphatic heterocycles. The zero-order chi connectivity index (χ0) is 14.4. The second-order valence-corrected chi connectivity index (χ2v) is 4.25. The van der Waals surface area contributed by atoms with E-state index in [1.807, 2.05) is 0 Å². The van der Waals surface area contributed by atoms with Crippen molar-refractivity contribution in [3.63, 3.8) is 0 Å². The monoisotopic (exact) mass is 347 g/mol. The number of rotatable bonds is 1. The molecule has 0 radical (unpaired) electrons. The normalized spacial score (nSPS) is 16.3. The molecule has 0 saturated carbocycles. The number of benzene rings is 1. The lowest BCUT2D eigenvalue weighted by Crippen LogP contribution is -2.30. The first-order chi connectivity index (χ1) is 8.58. The Morgan fingerprint density at radius 1 is 1.21 bits per heavy atom. The lowest BCUT2D eigenvalue weighted by atomic mass is 10.2. The van der Waals surface area contributed by atoms with E-state index in [1.165, 1.54) is 5.32 Å². The molecule has 0 unspecified atom stereocenters. The minimum Gasteiger partial charge on any atom is -0.395 e. The van der Waals surface area contributed by atoms with Crippen LogP contribution < -0.4 is 14.8 Å². The highest BCUT2D eigenvalue weighted by atomic mass is 79.9. The number of carbonyl (C=O) groups excluding carboxylic acids is 1. The summed E-state index contributed by atoms with van der Waals surface area (Å²) < 4.78 is 69.7. The fraction of sp³-hybridized carbons (Fsp3) is 0.222. The summed E-state index contributed by atoms with van der Waals surface area (Å²) >= 11 is 2.82. The van der Waals surface area contributed by atoms with Crippen molar-refractivity contribution in [2.75, 3.05) is 5.32 Å². The molecule has 1 heterocycles. The Kier molecular flexibility index (Phi) is 3.07. The van der Waals surface area contributed by atoms with E-state index in [2.05, 4.69) is 25.4 Å². The Morgan fingerprint density at radius 3 is 2.26 bits per heavy atom. The van der Waals surface area contributed by atoms with Crippen LogP contribution in [0.25, 0.3) is 0 Å². The molecule has 1 amide bonds. The van der Waals surface area contributed by atoms with Crippen molar-refractivity contribution < 1.29 is 36.2 Å². The van der Waals surface area contributed by atoms with Crippen molar-refractivity contribution in [2.24, 2.45) is 0 Å². The van der Waals surface area contributed by atoms with E-state index < -0.39 is 24.1 Å². The van der Waals surface area contributed by atoms with E-state index in [0.717, 1.165) is 12.1 Å². The molecule has 0 saturated heterocycles. The third kappa shape index (κ3) is 2.88. The standard InChI is InChI=1S/C9H3BrF5NO3/c10-3-1-5-6(19-9(14,15)18-5)2-4(3)16-7(17)8(11,12)13/h1-2H,(H,16,17). The van der Waals surface area contributed by atoms with Gasteiger partial charge in [-0.2, -0.15) is 13.2 Å². The van der Waals surface area contributed by atoms with Crippen LogP contribution in [0, 0.1) is 0 Å². The Balaban J connectivity index is 2.28. The SMILES string of the molecule is O=C(Nc1cc2c(cc1Br)OC(F)(F)O2)C(F)(F)F. The number of hydrogen-bond donors (Lipinski definition) is 1. The largest absolute Gasteiger partial charge is 0.586 e. The summed E-state index contributed by atoms with van der Waals surface area (Å²) in [4.78, 5) is 10.7. The van der Waals surface area contributed by atoms with Crippen LogP contribution in [-0.4, -0.2) is 18.4 Å². The molecule has 0 fully saturated rings. The highest BCUT2D eigenvalue weighted by molar-refractivity contribution is 9.10. The van der Waals surface area contributed by atoms with E-state index >= 15 is 0 Å². The molecule has 19 heavy (non-hydrogen) atoms. The number of anilines is 1. The molecular formula is C9H3BrF5NO3. The molecule has 104 valence electrons. The van der Waals surface area contributed by atoms with Gasteiger partial charge in [-0.15, -0.1) is 8.78 Å². The van der Waals surface area contributed by atoms with Crippen molar-refractivity contribution in [1.29, 1.82) is 0 Å². The zero-order valence-electron chi connectivity index (χ0n) is 8.65. The molecule has 4 nitrogen and oxygen atoms in total. The molecule has 1 aromatic rings. The smallest absolute Gasteiger partial charge is 0.395 e. The number of hydrogen-bond acceptors (Lipinski definition) is 3. The maximum Gasteiger partial charge on any atom is 0.586 e. The van der Waals surface area contributed by atoms with Gasteiger partial charge < -0.3 is 14.8 Å². The van der Waals surface area contributed by atoms with Gasteiger partial charge >= 0.3 is 18.4 Å². The molecule has 0 bridgehead atoms. The Labute approximate surface area is 110 Å². The topological polar surface area (TPSA) is 47.6 Å². The van der Waals surface area contributed by atoms with Gasteiger partial charge in [0.05, 0.1) is 5.69 Å². The second-order valence-electron chi connectivity index (χ2n) is 3.40. The highest BCUT2D eigenvalue weighted by Gasteiger charge is 2.44. The summed E-state index contributed by atoms with van der Waals surface area (Å²) in [5, 5.41) is 1.52. The maximum absolute atomic E-state index is 12.7. The lowest BCUT2D eigenvalue weighted by Gasteiger charge is -2.10. The summed E-state index contributed by atoms with van der Waals surface area (Å²) in [6.07, 6.45) is -8.99. The minimum absolute atomic E-state index is 0.0647. The van der Waals surface area contributed by atoms with Crippen LogP contribution in [0.3, 0.4) is 0 Å². The molecular weight excluding hydrogens is 345 g/mol. The van der Waals surface area contributed by atoms with Crippen molar-refractivity contribution in [3.05, 3.63) is 16.6 Å². The number of amides is 1. The van der Waals surface area contributed by atoms with Crippen LogP contribution >= 0.6 is 15.9 Å². The van der Waals surface area contributed by atoms with Crippen molar-refractivity contribution in [1.82, 2.24) is 0 Å². The first kappa shape index (κ1) is 13.8. The second kappa shape index (κ2) is 4.22. The quantitative estimate of drug-likeness (QED) is 0.793. The summed E-state index contributed by atoms with van der Waals surface area (Å²) in [7, 11) is 0. The van der Waals surface area contributed by atoms with Gasteiger partial charge in [-0.25, -0.2) is 0 Å². The predicted octanol–water partition coefficient (Wildman–Crippen LogP) is 3.27. The van der Waals surface area contributed by atoms with Crippen LogP contribution in [0.5, 0.6) is 11.5 Å². The van der Waals surface area contributed by atoms with Crippen LogP contribution in [-0.2, 0) is 4.79 Å².